The molecule has 1 saturated carbocycles. The van der Waals surface area contributed by atoms with Crippen molar-refractivity contribution in [2.75, 3.05) is 32.8 Å². The Kier molecular flexibility index (Phi) is 9.92. The first-order chi connectivity index (χ1) is 12.7. The molecule has 1 aromatic rings. The molecule has 7 heteroatoms. The Hall–Kier alpha value is -0.800. The third-order valence-corrected chi connectivity index (χ3v) is 5.25. The zero-order chi connectivity index (χ0) is 18.1. The van der Waals surface area contributed by atoms with Gasteiger partial charge in [0.2, 0.25) is 0 Å². The monoisotopic (exact) mass is 491 g/mol. The lowest BCUT2D eigenvalue weighted by atomic mass is 9.89. The zero-order valence-corrected chi connectivity index (χ0v) is 18.7. The maximum absolute atomic E-state index is 5.67. The zero-order valence-electron chi connectivity index (χ0n) is 16.4. The number of ether oxygens (including phenoxy) is 2. The minimum Gasteiger partial charge on any atom is -0.469 e. The summed E-state index contributed by atoms with van der Waals surface area (Å²) in [5.74, 6) is 2.13. The van der Waals surface area contributed by atoms with Crippen LogP contribution in [0.4, 0.5) is 0 Å². The fourth-order valence-electron chi connectivity index (χ4n) is 3.63. The van der Waals surface area contributed by atoms with Gasteiger partial charge in [-0.2, -0.15) is 0 Å². The molecule has 3 rings (SSSR count). The maximum atomic E-state index is 5.67. The number of furan rings is 1. The molecular formula is C20H34IN3O3. The van der Waals surface area contributed by atoms with Crippen LogP contribution in [-0.4, -0.2) is 44.6 Å². The minimum atomic E-state index is -0.463. The summed E-state index contributed by atoms with van der Waals surface area (Å²) in [6.07, 6.45) is 10.1. The second-order valence-electron chi connectivity index (χ2n) is 7.46. The smallest absolute Gasteiger partial charge is 0.191 e. The van der Waals surface area contributed by atoms with Crippen molar-refractivity contribution < 1.29 is 13.9 Å². The van der Waals surface area contributed by atoms with E-state index in [1.807, 2.05) is 19.1 Å². The van der Waals surface area contributed by atoms with Crippen LogP contribution in [0.1, 0.15) is 51.2 Å². The first-order valence-corrected chi connectivity index (χ1v) is 10.1. The lowest BCUT2D eigenvalue weighted by Gasteiger charge is -2.23. The van der Waals surface area contributed by atoms with E-state index < -0.39 is 5.79 Å². The largest absolute Gasteiger partial charge is 0.469 e. The Morgan fingerprint density at radius 2 is 1.89 bits per heavy atom. The molecule has 27 heavy (non-hydrogen) atoms. The molecule has 0 atom stereocenters. The highest BCUT2D eigenvalue weighted by atomic mass is 127. The van der Waals surface area contributed by atoms with E-state index >= 15 is 0 Å². The Labute approximate surface area is 179 Å². The standard InChI is InChI=1S/C20H33N3O3.HI/c1-20(25-14-15-26-20)10-12-22-19(21-11-9-18-8-5-13-24-18)23-16-17-6-3-2-4-7-17;/h5,8,13,17H,2-4,6-7,9-12,14-16H2,1H3,(H2,21,22,23);1H. The van der Waals surface area contributed by atoms with Gasteiger partial charge in [0, 0.05) is 32.5 Å². The quantitative estimate of drug-likeness (QED) is 0.330. The van der Waals surface area contributed by atoms with Crippen LogP contribution in [-0.2, 0) is 15.9 Å². The van der Waals surface area contributed by atoms with E-state index in [2.05, 4.69) is 10.6 Å². The molecule has 2 aliphatic rings. The molecule has 1 aliphatic heterocycles. The first-order valence-electron chi connectivity index (χ1n) is 10.1. The number of rotatable bonds is 8. The second-order valence-corrected chi connectivity index (χ2v) is 7.46. The van der Waals surface area contributed by atoms with Crippen LogP contribution in [0.25, 0.3) is 0 Å². The predicted molar refractivity (Wildman–Crippen MR) is 118 cm³/mol. The van der Waals surface area contributed by atoms with Gasteiger partial charge >= 0.3 is 0 Å². The van der Waals surface area contributed by atoms with E-state index in [9.17, 15) is 0 Å². The first kappa shape index (κ1) is 22.5. The number of hydrogen-bond acceptors (Lipinski definition) is 4. The van der Waals surface area contributed by atoms with E-state index in [1.165, 1.54) is 32.1 Å². The van der Waals surface area contributed by atoms with Crippen LogP contribution >= 0.6 is 24.0 Å². The Morgan fingerprint density at radius 3 is 2.59 bits per heavy atom. The molecule has 154 valence electrons. The average Bonchev–Trinajstić information content (AvgIpc) is 3.32. The topological polar surface area (TPSA) is 68.0 Å². The van der Waals surface area contributed by atoms with E-state index in [4.69, 9.17) is 18.9 Å². The molecule has 0 aromatic carbocycles. The van der Waals surface area contributed by atoms with Gasteiger partial charge in [-0.25, -0.2) is 0 Å². The second kappa shape index (κ2) is 11.9. The molecule has 2 N–H and O–H groups in total. The number of halogens is 1. The van der Waals surface area contributed by atoms with Gasteiger partial charge in [0.1, 0.15) is 5.76 Å². The Morgan fingerprint density at radius 1 is 1.15 bits per heavy atom. The average molecular weight is 491 g/mol. The molecule has 0 amide bonds. The summed E-state index contributed by atoms with van der Waals surface area (Å²) < 4.78 is 16.7. The van der Waals surface area contributed by atoms with E-state index in [0.29, 0.717) is 13.2 Å². The fraction of sp³-hybridized carbons (Fsp3) is 0.750. The van der Waals surface area contributed by atoms with Crippen LogP contribution in [0.5, 0.6) is 0 Å². The molecule has 2 fully saturated rings. The summed E-state index contributed by atoms with van der Waals surface area (Å²) in [7, 11) is 0. The highest BCUT2D eigenvalue weighted by molar-refractivity contribution is 14.0. The maximum Gasteiger partial charge on any atom is 0.191 e. The van der Waals surface area contributed by atoms with Gasteiger partial charge in [0.15, 0.2) is 11.7 Å². The van der Waals surface area contributed by atoms with Gasteiger partial charge in [-0.05, 0) is 37.8 Å². The van der Waals surface area contributed by atoms with Gasteiger partial charge in [0.05, 0.1) is 19.5 Å². The Balaban J connectivity index is 0.00000261. The molecule has 1 aliphatic carbocycles. The summed E-state index contributed by atoms with van der Waals surface area (Å²) >= 11 is 0. The number of hydrogen-bond donors (Lipinski definition) is 2. The number of nitrogens with one attached hydrogen (secondary N) is 2. The number of guanidine groups is 1. The van der Waals surface area contributed by atoms with Crippen LogP contribution in [0.15, 0.2) is 27.8 Å². The molecule has 0 unspecified atom stereocenters. The summed E-state index contributed by atoms with van der Waals surface area (Å²) in [5.41, 5.74) is 0. The van der Waals surface area contributed by atoms with Crippen molar-refractivity contribution in [1.29, 1.82) is 0 Å². The van der Waals surface area contributed by atoms with Gasteiger partial charge in [-0.15, -0.1) is 24.0 Å². The number of aliphatic imine (C=N–C) groups is 1. The van der Waals surface area contributed by atoms with Crippen molar-refractivity contribution >= 4 is 29.9 Å². The molecule has 1 saturated heterocycles. The third-order valence-electron chi connectivity index (χ3n) is 5.25. The Bertz CT molecular complexity index is 539. The van der Waals surface area contributed by atoms with Gasteiger partial charge < -0.3 is 24.5 Å². The predicted octanol–water partition coefficient (Wildman–Crippen LogP) is 3.71. The summed E-state index contributed by atoms with van der Waals surface area (Å²) in [4.78, 5) is 4.84. The van der Waals surface area contributed by atoms with Crippen LogP contribution in [0.3, 0.4) is 0 Å². The number of nitrogens with zero attached hydrogens (tertiary/aromatic N) is 1. The summed E-state index contributed by atoms with van der Waals surface area (Å²) in [6, 6.07) is 3.93. The lowest BCUT2D eigenvalue weighted by Crippen LogP contribution is -2.41. The SMILES string of the molecule is CC1(CCNC(=NCC2CCCCC2)NCCc2ccco2)OCCO1.I. The van der Waals surface area contributed by atoms with Crippen LogP contribution < -0.4 is 10.6 Å². The van der Waals surface area contributed by atoms with Crippen molar-refractivity contribution in [2.45, 2.75) is 57.7 Å². The molecule has 0 radical (unpaired) electrons. The van der Waals surface area contributed by atoms with Gasteiger partial charge in [0.25, 0.3) is 0 Å². The van der Waals surface area contributed by atoms with E-state index in [1.54, 1.807) is 6.26 Å². The van der Waals surface area contributed by atoms with Crippen molar-refractivity contribution in [1.82, 2.24) is 10.6 Å². The molecule has 0 spiro atoms. The summed E-state index contributed by atoms with van der Waals surface area (Å²) in [5, 5.41) is 6.87. The van der Waals surface area contributed by atoms with Crippen molar-refractivity contribution in [3.8, 4) is 0 Å². The fourth-order valence-corrected chi connectivity index (χ4v) is 3.63. The van der Waals surface area contributed by atoms with Gasteiger partial charge in [-0.3, -0.25) is 4.99 Å². The van der Waals surface area contributed by atoms with E-state index in [-0.39, 0.29) is 24.0 Å². The van der Waals surface area contributed by atoms with Crippen LogP contribution in [0.2, 0.25) is 0 Å². The summed E-state index contributed by atoms with van der Waals surface area (Å²) in [6.45, 7) is 5.84. The highest BCUT2D eigenvalue weighted by Gasteiger charge is 2.30. The van der Waals surface area contributed by atoms with Crippen molar-refractivity contribution in [3.63, 3.8) is 0 Å². The molecular weight excluding hydrogens is 457 g/mol. The molecule has 2 heterocycles. The van der Waals surface area contributed by atoms with Crippen LogP contribution in [0, 0.1) is 5.92 Å². The normalized spacial score (nSPS) is 20.3. The van der Waals surface area contributed by atoms with Gasteiger partial charge in [-0.1, -0.05) is 19.3 Å². The van der Waals surface area contributed by atoms with Crippen molar-refractivity contribution in [3.05, 3.63) is 24.2 Å². The molecule has 6 nitrogen and oxygen atoms in total. The van der Waals surface area contributed by atoms with Crippen molar-refractivity contribution in [2.24, 2.45) is 10.9 Å². The van der Waals surface area contributed by atoms with E-state index in [0.717, 1.165) is 50.1 Å². The molecule has 0 bridgehead atoms. The lowest BCUT2D eigenvalue weighted by molar-refractivity contribution is -0.145. The highest BCUT2D eigenvalue weighted by Crippen LogP contribution is 2.24. The minimum absolute atomic E-state index is 0. The molecule has 1 aromatic heterocycles. The third kappa shape index (κ3) is 7.99.